The minimum absolute atomic E-state index is 0.154. The minimum Gasteiger partial charge on any atom is -0.494 e. The second-order valence-electron chi connectivity index (χ2n) is 4.53. The maximum atomic E-state index is 14.0. The van der Waals surface area contributed by atoms with Gasteiger partial charge < -0.3 is 9.84 Å². The lowest BCUT2D eigenvalue weighted by molar-refractivity contribution is 0.198. The summed E-state index contributed by atoms with van der Waals surface area (Å²) in [6.45, 7) is 0. The predicted octanol–water partition coefficient (Wildman–Crippen LogP) is 3.67. The van der Waals surface area contributed by atoms with Crippen molar-refractivity contribution in [3.8, 4) is 5.75 Å². The van der Waals surface area contributed by atoms with E-state index in [0.29, 0.717) is 10.5 Å². The summed E-state index contributed by atoms with van der Waals surface area (Å²) in [7, 11) is 1.40. The molecule has 1 unspecified atom stereocenters. The second kappa shape index (κ2) is 7.43. The summed E-state index contributed by atoms with van der Waals surface area (Å²) >= 11 is 1.21. The monoisotopic (exact) mass is 310 g/mol. The van der Waals surface area contributed by atoms with E-state index in [-0.39, 0.29) is 23.7 Å². The van der Waals surface area contributed by atoms with E-state index in [1.165, 1.54) is 31.0 Å². The molecule has 0 fully saturated rings. The van der Waals surface area contributed by atoms with Gasteiger partial charge in [-0.2, -0.15) is 0 Å². The predicted molar refractivity (Wildman–Crippen MR) is 79.8 cm³/mol. The molecule has 1 N–H and O–H groups in total. The number of ether oxygens (including phenoxy) is 1. The molecule has 0 saturated carbocycles. The smallest absolute Gasteiger partial charge is 0.168 e. The van der Waals surface area contributed by atoms with Crippen molar-refractivity contribution in [2.75, 3.05) is 12.9 Å². The highest BCUT2D eigenvalue weighted by Crippen LogP contribution is 2.25. The van der Waals surface area contributed by atoms with Gasteiger partial charge in [-0.3, -0.25) is 0 Å². The van der Waals surface area contributed by atoms with Crippen molar-refractivity contribution in [3.05, 3.63) is 59.7 Å². The number of hydrogen-bond acceptors (Lipinski definition) is 3. The molecule has 0 saturated heterocycles. The molecule has 1 atom stereocenters. The van der Waals surface area contributed by atoms with Crippen molar-refractivity contribution in [1.82, 2.24) is 0 Å². The lowest BCUT2D eigenvalue weighted by Gasteiger charge is -2.12. The average Bonchev–Trinajstić information content (AvgIpc) is 2.48. The first kappa shape index (κ1) is 15.8. The molecule has 0 heterocycles. The van der Waals surface area contributed by atoms with E-state index in [9.17, 15) is 13.9 Å². The first-order chi connectivity index (χ1) is 10.1. The third-order valence-corrected chi connectivity index (χ3v) is 4.18. The van der Waals surface area contributed by atoms with Gasteiger partial charge in [-0.25, -0.2) is 8.78 Å². The summed E-state index contributed by atoms with van der Waals surface area (Å²) in [6.07, 6.45) is -0.610. The molecule has 0 radical (unpaired) electrons. The summed E-state index contributed by atoms with van der Waals surface area (Å²) in [4.78, 5) is 0.475. The Morgan fingerprint density at radius 3 is 2.62 bits per heavy atom. The van der Waals surface area contributed by atoms with Crippen molar-refractivity contribution < 1.29 is 18.6 Å². The van der Waals surface area contributed by atoms with Gasteiger partial charge in [0, 0.05) is 17.1 Å². The van der Waals surface area contributed by atoms with Crippen LogP contribution in [0.5, 0.6) is 5.75 Å². The SMILES string of the molecule is COc1cccc(CC(O)CSc2ccccc2F)c1F. The van der Waals surface area contributed by atoms with E-state index in [4.69, 9.17) is 4.74 Å². The van der Waals surface area contributed by atoms with Crippen molar-refractivity contribution >= 4 is 11.8 Å². The van der Waals surface area contributed by atoms with E-state index in [1.54, 1.807) is 30.3 Å². The third kappa shape index (κ3) is 4.19. The second-order valence-corrected chi connectivity index (χ2v) is 5.59. The number of halogens is 2. The van der Waals surface area contributed by atoms with Gasteiger partial charge in [0.2, 0.25) is 0 Å². The molecule has 112 valence electrons. The number of rotatable bonds is 6. The average molecular weight is 310 g/mol. The van der Waals surface area contributed by atoms with Crippen LogP contribution in [-0.2, 0) is 6.42 Å². The van der Waals surface area contributed by atoms with Crippen molar-refractivity contribution in [2.24, 2.45) is 0 Å². The molecule has 0 aliphatic carbocycles. The molecular formula is C16H16F2O2S. The highest BCUT2D eigenvalue weighted by atomic mass is 32.2. The highest BCUT2D eigenvalue weighted by molar-refractivity contribution is 7.99. The number of benzene rings is 2. The van der Waals surface area contributed by atoms with E-state index in [0.717, 1.165) is 0 Å². The Balaban J connectivity index is 1.96. The maximum absolute atomic E-state index is 14.0. The first-order valence-corrected chi connectivity index (χ1v) is 7.47. The van der Waals surface area contributed by atoms with Gasteiger partial charge >= 0.3 is 0 Å². The van der Waals surface area contributed by atoms with E-state index < -0.39 is 11.9 Å². The lowest BCUT2D eigenvalue weighted by Crippen LogP contribution is -2.14. The van der Waals surface area contributed by atoms with E-state index in [1.807, 2.05) is 0 Å². The molecule has 2 nitrogen and oxygen atoms in total. The molecule has 2 aromatic carbocycles. The van der Waals surface area contributed by atoms with Crippen molar-refractivity contribution in [3.63, 3.8) is 0 Å². The van der Waals surface area contributed by atoms with Crippen LogP contribution in [0, 0.1) is 11.6 Å². The molecule has 0 aliphatic rings. The molecule has 2 rings (SSSR count). The van der Waals surface area contributed by atoms with Crippen LogP contribution in [-0.4, -0.2) is 24.1 Å². The summed E-state index contributed by atoms with van der Waals surface area (Å²) in [5.41, 5.74) is 0.385. The van der Waals surface area contributed by atoms with Crippen LogP contribution in [0.15, 0.2) is 47.4 Å². The number of methoxy groups -OCH3 is 1. The van der Waals surface area contributed by atoms with Crippen LogP contribution in [0.4, 0.5) is 8.78 Å². The fourth-order valence-corrected chi connectivity index (χ4v) is 2.80. The Bertz CT molecular complexity index is 605. The number of hydrogen-bond donors (Lipinski definition) is 1. The van der Waals surface area contributed by atoms with Gasteiger partial charge in [-0.15, -0.1) is 11.8 Å². The fraction of sp³-hybridized carbons (Fsp3) is 0.250. The topological polar surface area (TPSA) is 29.5 Å². The van der Waals surface area contributed by atoms with E-state index in [2.05, 4.69) is 0 Å². The van der Waals surface area contributed by atoms with Gasteiger partial charge in [0.1, 0.15) is 5.82 Å². The molecule has 0 aromatic heterocycles. The minimum atomic E-state index is -0.767. The standard InChI is InChI=1S/C16H16F2O2S/c1-20-14-7-4-5-11(16(14)18)9-12(19)10-21-15-8-3-2-6-13(15)17/h2-8,12,19H,9-10H2,1H3. The maximum Gasteiger partial charge on any atom is 0.168 e. The van der Waals surface area contributed by atoms with Crippen LogP contribution in [0.25, 0.3) is 0 Å². The van der Waals surface area contributed by atoms with Gasteiger partial charge in [0.25, 0.3) is 0 Å². The Morgan fingerprint density at radius 2 is 1.90 bits per heavy atom. The quantitative estimate of drug-likeness (QED) is 0.826. The number of aliphatic hydroxyl groups excluding tert-OH is 1. The largest absolute Gasteiger partial charge is 0.494 e. The van der Waals surface area contributed by atoms with Gasteiger partial charge in [0.15, 0.2) is 11.6 Å². The summed E-state index contributed by atoms with van der Waals surface area (Å²) in [6, 6.07) is 11.2. The van der Waals surface area contributed by atoms with Gasteiger partial charge in [-0.05, 0) is 23.8 Å². The zero-order chi connectivity index (χ0) is 15.2. The number of thioether (sulfide) groups is 1. The summed E-state index contributed by atoms with van der Waals surface area (Å²) < 4.78 is 32.3. The molecule has 0 amide bonds. The molecule has 21 heavy (non-hydrogen) atoms. The van der Waals surface area contributed by atoms with Crippen molar-refractivity contribution in [2.45, 2.75) is 17.4 Å². The molecule has 2 aromatic rings. The zero-order valence-electron chi connectivity index (χ0n) is 11.6. The molecule has 0 bridgehead atoms. The normalized spacial score (nSPS) is 12.2. The van der Waals surface area contributed by atoms with Gasteiger partial charge in [0.05, 0.1) is 13.2 Å². The first-order valence-electron chi connectivity index (χ1n) is 6.48. The summed E-state index contributed by atoms with van der Waals surface area (Å²) in [5, 5.41) is 9.99. The molecule has 0 spiro atoms. The van der Waals surface area contributed by atoms with Crippen LogP contribution >= 0.6 is 11.8 Å². The third-order valence-electron chi connectivity index (χ3n) is 2.99. The fourth-order valence-electron chi connectivity index (χ4n) is 1.93. The van der Waals surface area contributed by atoms with Crippen LogP contribution in [0.2, 0.25) is 0 Å². The Kier molecular flexibility index (Phi) is 5.59. The zero-order valence-corrected chi connectivity index (χ0v) is 12.4. The molecule has 5 heteroatoms. The number of aliphatic hydroxyl groups is 1. The van der Waals surface area contributed by atoms with E-state index >= 15 is 0 Å². The highest BCUT2D eigenvalue weighted by Gasteiger charge is 2.14. The van der Waals surface area contributed by atoms with Crippen LogP contribution in [0.1, 0.15) is 5.56 Å². The summed E-state index contributed by atoms with van der Waals surface area (Å²) in [5.74, 6) is -0.337. The molecular weight excluding hydrogens is 294 g/mol. The Hall–Kier alpha value is -1.59. The Morgan fingerprint density at radius 1 is 1.14 bits per heavy atom. The lowest BCUT2D eigenvalue weighted by atomic mass is 10.1. The van der Waals surface area contributed by atoms with Crippen LogP contribution in [0.3, 0.4) is 0 Å². The van der Waals surface area contributed by atoms with Crippen molar-refractivity contribution in [1.29, 1.82) is 0 Å². The molecule has 0 aliphatic heterocycles. The Labute approximate surface area is 126 Å². The van der Waals surface area contributed by atoms with Gasteiger partial charge in [-0.1, -0.05) is 24.3 Å². The van der Waals surface area contributed by atoms with Crippen LogP contribution < -0.4 is 4.74 Å².